The summed E-state index contributed by atoms with van der Waals surface area (Å²) < 4.78 is 11.5. The Morgan fingerprint density at radius 2 is 1.90 bits per heavy atom. The lowest BCUT2D eigenvalue weighted by Crippen LogP contribution is -2.20. The van der Waals surface area contributed by atoms with E-state index in [0.717, 1.165) is 32.7 Å². The number of halogens is 1. The van der Waals surface area contributed by atoms with Crippen LogP contribution in [0.15, 0.2) is 76.2 Å². The lowest BCUT2D eigenvalue weighted by atomic mass is 10.2. The predicted molar refractivity (Wildman–Crippen MR) is 120 cm³/mol. The van der Waals surface area contributed by atoms with Gasteiger partial charge in [0, 0.05) is 11.9 Å². The van der Waals surface area contributed by atoms with Crippen LogP contribution in [0, 0.1) is 6.92 Å². The van der Waals surface area contributed by atoms with Gasteiger partial charge in [-0.05, 0) is 88.6 Å². The molecule has 0 aromatic heterocycles. The molecule has 1 amide bonds. The number of carbonyl (C=O) groups is 1. The van der Waals surface area contributed by atoms with Crippen molar-refractivity contribution in [2.24, 2.45) is 4.99 Å². The molecule has 3 rings (SSSR count). The van der Waals surface area contributed by atoms with Crippen LogP contribution in [-0.2, 0) is 4.79 Å². The van der Waals surface area contributed by atoms with E-state index in [0.29, 0.717) is 5.75 Å². The van der Waals surface area contributed by atoms with Gasteiger partial charge >= 0.3 is 0 Å². The van der Waals surface area contributed by atoms with Crippen molar-refractivity contribution in [1.29, 1.82) is 0 Å². The molecule has 29 heavy (non-hydrogen) atoms. The minimum absolute atomic E-state index is 0.0776. The van der Waals surface area contributed by atoms with Crippen molar-refractivity contribution in [3.8, 4) is 11.5 Å². The van der Waals surface area contributed by atoms with E-state index in [-0.39, 0.29) is 12.5 Å². The van der Waals surface area contributed by atoms with E-state index in [2.05, 4.69) is 26.2 Å². The molecule has 0 saturated heterocycles. The minimum atomic E-state index is -0.215. The molecule has 0 bridgehead atoms. The first-order valence-corrected chi connectivity index (χ1v) is 9.80. The highest BCUT2D eigenvalue weighted by molar-refractivity contribution is 9.10. The maximum absolute atomic E-state index is 12.1. The molecule has 0 spiro atoms. The Hall–Kier alpha value is -3.12. The number of rotatable bonds is 7. The zero-order valence-corrected chi connectivity index (χ0v) is 17.8. The Morgan fingerprint density at radius 1 is 1.10 bits per heavy atom. The summed E-state index contributed by atoms with van der Waals surface area (Å²) in [6.45, 7) is 1.90. The number of ether oxygens (including phenoxy) is 2. The van der Waals surface area contributed by atoms with E-state index in [1.165, 1.54) is 0 Å². The van der Waals surface area contributed by atoms with E-state index >= 15 is 0 Å². The smallest absolute Gasteiger partial charge is 0.262 e. The van der Waals surface area contributed by atoms with E-state index < -0.39 is 0 Å². The van der Waals surface area contributed by atoms with Crippen LogP contribution in [0.25, 0.3) is 0 Å². The number of aliphatic imine (C=N–C) groups is 1. The summed E-state index contributed by atoms with van der Waals surface area (Å²) in [5, 5.41) is 2.82. The Balaban J connectivity index is 1.57. The Kier molecular flexibility index (Phi) is 7.03. The quantitative estimate of drug-likeness (QED) is 0.479. The maximum atomic E-state index is 12.1. The molecule has 3 aromatic carbocycles. The average Bonchev–Trinajstić information content (AvgIpc) is 2.72. The van der Waals surface area contributed by atoms with Crippen LogP contribution in [0.4, 0.5) is 11.4 Å². The molecule has 3 aromatic rings. The summed E-state index contributed by atoms with van der Waals surface area (Å²) in [4.78, 5) is 16.5. The molecule has 0 fully saturated rings. The number of hydrogen-bond acceptors (Lipinski definition) is 4. The fraction of sp³-hybridized carbons (Fsp3) is 0.130. The van der Waals surface area contributed by atoms with Crippen molar-refractivity contribution in [3.63, 3.8) is 0 Å². The van der Waals surface area contributed by atoms with E-state index in [1.54, 1.807) is 19.4 Å². The zero-order valence-electron chi connectivity index (χ0n) is 16.2. The standard InChI is InChI=1S/C23H21BrN2O3/c1-16-4-3-5-19(12-16)26-23(27)15-29-22-11-6-17(13-21(22)24)14-25-18-7-9-20(28-2)10-8-18/h3-14H,15H2,1-2H3,(H,26,27). The summed E-state index contributed by atoms with van der Waals surface area (Å²) in [6, 6.07) is 20.7. The monoisotopic (exact) mass is 452 g/mol. The normalized spacial score (nSPS) is 10.7. The molecule has 0 heterocycles. The van der Waals surface area contributed by atoms with Gasteiger partial charge in [-0.2, -0.15) is 0 Å². The molecular weight excluding hydrogens is 432 g/mol. The van der Waals surface area contributed by atoms with Gasteiger partial charge in [-0.3, -0.25) is 9.79 Å². The fourth-order valence-corrected chi connectivity index (χ4v) is 3.11. The molecule has 0 aliphatic rings. The average molecular weight is 453 g/mol. The highest BCUT2D eigenvalue weighted by Crippen LogP contribution is 2.26. The topological polar surface area (TPSA) is 59.9 Å². The van der Waals surface area contributed by atoms with E-state index in [1.807, 2.05) is 67.6 Å². The van der Waals surface area contributed by atoms with Crippen LogP contribution >= 0.6 is 15.9 Å². The molecule has 1 N–H and O–H groups in total. The Morgan fingerprint density at radius 3 is 2.59 bits per heavy atom. The maximum Gasteiger partial charge on any atom is 0.262 e. The SMILES string of the molecule is COc1ccc(N=Cc2ccc(OCC(=O)Nc3cccc(C)c3)c(Br)c2)cc1. The van der Waals surface area contributed by atoms with Crippen LogP contribution in [-0.4, -0.2) is 25.8 Å². The van der Waals surface area contributed by atoms with Gasteiger partial charge in [-0.15, -0.1) is 0 Å². The second-order valence-corrected chi connectivity index (χ2v) is 7.21. The second kappa shape index (κ2) is 9.89. The Labute approximate surface area is 178 Å². The summed E-state index contributed by atoms with van der Waals surface area (Å²) >= 11 is 3.48. The van der Waals surface area contributed by atoms with Gasteiger partial charge in [0.15, 0.2) is 6.61 Å². The minimum Gasteiger partial charge on any atom is -0.497 e. The van der Waals surface area contributed by atoms with Crippen molar-refractivity contribution in [2.75, 3.05) is 19.0 Å². The van der Waals surface area contributed by atoms with Crippen LogP contribution < -0.4 is 14.8 Å². The number of amides is 1. The van der Waals surface area contributed by atoms with Gasteiger partial charge in [-0.25, -0.2) is 0 Å². The van der Waals surface area contributed by atoms with Gasteiger partial charge in [0.1, 0.15) is 11.5 Å². The largest absolute Gasteiger partial charge is 0.497 e. The number of aryl methyl sites for hydroxylation is 1. The van der Waals surface area contributed by atoms with Gasteiger partial charge in [0.05, 0.1) is 17.3 Å². The fourth-order valence-electron chi connectivity index (χ4n) is 2.59. The van der Waals surface area contributed by atoms with Crippen molar-refractivity contribution in [3.05, 3.63) is 82.3 Å². The Bertz CT molecular complexity index is 1020. The number of hydrogen-bond donors (Lipinski definition) is 1. The van der Waals surface area contributed by atoms with Gasteiger partial charge in [-0.1, -0.05) is 12.1 Å². The molecule has 0 atom stereocenters. The van der Waals surface area contributed by atoms with Gasteiger partial charge in [0.2, 0.25) is 0 Å². The van der Waals surface area contributed by atoms with E-state index in [4.69, 9.17) is 9.47 Å². The van der Waals surface area contributed by atoms with Crippen molar-refractivity contribution >= 4 is 39.4 Å². The van der Waals surface area contributed by atoms with Crippen LogP contribution in [0.5, 0.6) is 11.5 Å². The summed E-state index contributed by atoms with van der Waals surface area (Å²) in [7, 11) is 1.63. The number of benzene rings is 3. The first-order valence-electron chi connectivity index (χ1n) is 9.00. The summed E-state index contributed by atoms with van der Waals surface area (Å²) in [5.41, 5.74) is 3.57. The highest BCUT2D eigenvalue weighted by atomic mass is 79.9. The molecule has 148 valence electrons. The third kappa shape index (κ3) is 6.19. The summed E-state index contributed by atoms with van der Waals surface area (Å²) in [5.74, 6) is 1.17. The molecule has 0 saturated carbocycles. The molecular formula is C23H21BrN2O3. The molecule has 0 aliphatic carbocycles. The van der Waals surface area contributed by atoms with Crippen molar-refractivity contribution < 1.29 is 14.3 Å². The first kappa shape index (κ1) is 20.6. The summed E-state index contributed by atoms with van der Waals surface area (Å²) in [6.07, 6.45) is 1.76. The van der Waals surface area contributed by atoms with E-state index in [9.17, 15) is 4.79 Å². The van der Waals surface area contributed by atoms with Gasteiger partial charge < -0.3 is 14.8 Å². The number of anilines is 1. The number of carbonyl (C=O) groups excluding carboxylic acids is 1. The second-order valence-electron chi connectivity index (χ2n) is 6.35. The zero-order chi connectivity index (χ0) is 20.6. The highest BCUT2D eigenvalue weighted by Gasteiger charge is 2.07. The van der Waals surface area contributed by atoms with Crippen molar-refractivity contribution in [1.82, 2.24) is 0 Å². The number of methoxy groups -OCH3 is 1. The molecule has 0 unspecified atom stereocenters. The molecule has 6 heteroatoms. The molecule has 5 nitrogen and oxygen atoms in total. The van der Waals surface area contributed by atoms with Crippen molar-refractivity contribution in [2.45, 2.75) is 6.92 Å². The third-order valence-corrected chi connectivity index (χ3v) is 4.67. The first-order chi connectivity index (χ1) is 14.0. The lowest BCUT2D eigenvalue weighted by Gasteiger charge is -2.10. The number of nitrogens with one attached hydrogen (secondary N) is 1. The van der Waals surface area contributed by atoms with Crippen LogP contribution in [0.3, 0.4) is 0 Å². The van der Waals surface area contributed by atoms with Crippen LogP contribution in [0.1, 0.15) is 11.1 Å². The molecule has 0 radical (unpaired) electrons. The molecule has 0 aliphatic heterocycles. The van der Waals surface area contributed by atoms with Gasteiger partial charge in [0.25, 0.3) is 5.91 Å². The third-order valence-electron chi connectivity index (χ3n) is 4.05. The number of nitrogens with zero attached hydrogens (tertiary/aromatic N) is 1. The van der Waals surface area contributed by atoms with Crippen LogP contribution in [0.2, 0.25) is 0 Å². The predicted octanol–water partition coefficient (Wildman–Crippen LogP) is 5.53. The lowest BCUT2D eigenvalue weighted by molar-refractivity contribution is -0.118.